The molecule has 0 saturated carbocycles. The Hall–Kier alpha value is -2.56. The summed E-state index contributed by atoms with van der Waals surface area (Å²) in [5, 5.41) is 13.9. The smallest absolute Gasteiger partial charge is 0.205 e. The largest absolute Gasteiger partial charge is 0.207 e. The van der Waals surface area contributed by atoms with Gasteiger partial charge in [-0.2, -0.15) is 5.21 Å². The Labute approximate surface area is 102 Å². The number of nitrogens with one attached hydrogen (secondary N) is 1. The summed E-state index contributed by atoms with van der Waals surface area (Å²) in [4.78, 5) is 0. The van der Waals surface area contributed by atoms with Crippen molar-refractivity contribution in [1.82, 2.24) is 20.6 Å². The number of hydrogen-bond acceptors (Lipinski definition) is 3. The molecule has 0 aliphatic carbocycles. The molecule has 3 aromatic rings. The van der Waals surface area contributed by atoms with Crippen molar-refractivity contribution in [2.75, 3.05) is 0 Å². The standard InChI is InChI=1S/C13H9FN4/c14-10-7-5-9(6-8-10)11-3-1-2-4-12(11)13-15-17-18-16-13/h1-8H,(H,15,16,17,18). The Kier molecular flexibility index (Phi) is 2.57. The van der Waals surface area contributed by atoms with Gasteiger partial charge >= 0.3 is 0 Å². The summed E-state index contributed by atoms with van der Waals surface area (Å²) in [6.07, 6.45) is 0. The molecule has 0 radical (unpaired) electrons. The Balaban J connectivity index is 2.15. The van der Waals surface area contributed by atoms with E-state index in [2.05, 4.69) is 20.6 Å². The first-order valence-corrected chi connectivity index (χ1v) is 5.43. The summed E-state index contributed by atoms with van der Waals surface area (Å²) in [5.41, 5.74) is 2.72. The lowest BCUT2D eigenvalue weighted by Gasteiger charge is -2.06. The van der Waals surface area contributed by atoms with E-state index in [1.807, 2.05) is 24.3 Å². The van der Waals surface area contributed by atoms with Crippen LogP contribution in [-0.4, -0.2) is 20.6 Å². The van der Waals surface area contributed by atoms with Crippen molar-refractivity contribution in [2.24, 2.45) is 0 Å². The van der Waals surface area contributed by atoms with Crippen molar-refractivity contribution in [3.8, 4) is 22.5 Å². The first-order chi connectivity index (χ1) is 8.84. The minimum absolute atomic E-state index is 0.254. The van der Waals surface area contributed by atoms with Crippen LogP contribution in [0.5, 0.6) is 0 Å². The van der Waals surface area contributed by atoms with Crippen LogP contribution in [0.3, 0.4) is 0 Å². The highest BCUT2D eigenvalue weighted by atomic mass is 19.1. The Bertz CT molecular complexity index is 647. The zero-order chi connectivity index (χ0) is 12.4. The second-order valence-corrected chi connectivity index (χ2v) is 3.79. The average molecular weight is 240 g/mol. The van der Waals surface area contributed by atoms with Crippen LogP contribution in [0.2, 0.25) is 0 Å². The molecule has 18 heavy (non-hydrogen) atoms. The third kappa shape index (κ3) is 1.86. The molecule has 0 unspecified atom stereocenters. The van der Waals surface area contributed by atoms with Gasteiger partial charge in [-0.05, 0) is 28.5 Å². The summed E-state index contributed by atoms with van der Waals surface area (Å²) < 4.78 is 12.9. The van der Waals surface area contributed by atoms with Crippen molar-refractivity contribution >= 4 is 0 Å². The second-order valence-electron chi connectivity index (χ2n) is 3.79. The van der Waals surface area contributed by atoms with Crippen LogP contribution in [0.4, 0.5) is 4.39 Å². The number of nitrogens with zero attached hydrogens (tertiary/aromatic N) is 3. The minimum atomic E-state index is -0.254. The molecule has 0 aliphatic heterocycles. The van der Waals surface area contributed by atoms with Gasteiger partial charge in [0.1, 0.15) is 5.82 Å². The van der Waals surface area contributed by atoms with E-state index < -0.39 is 0 Å². The van der Waals surface area contributed by atoms with Gasteiger partial charge in [0.25, 0.3) is 0 Å². The molecule has 0 spiro atoms. The molecule has 4 nitrogen and oxygen atoms in total. The van der Waals surface area contributed by atoms with Gasteiger partial charge in [-0.1, -0.05) is 36.4 Å². The van der Waals surface area contributed by atoms with E-state index in [4.69, 9.17) is 0 Å². The van der Waals surface area contributed by atoms with Crippen molar-refractivity contribution in [1.29, 1.82) is 0 Å². The van der Waals surface area contributed by atoms with E-state index in [1.165, 1.54) is 12.1 Å². The maximum atomic E-state index is 12.9. The number of aromatic amines is 1. The fraction of sp³-hybridized carbons (Fsp3) is 0. The first-order valence-electron chi connectivity index (χ1n) is 5.43. The number of hydrogen-bond donors (Lipinski definition) is 1. The SMILES string of the molecule is Fc1ccc(-c2ccccc2-c2nn[nH]n2)cc1. The van der Waals surface area contributed by atoms with Gasteiger partial charge in [-0.3, -0.25) is 0 Å². The molecule has 5 heteroatoms. The first kappa shape index (κ1) is 10.6. The van der Waals surface area contributed by atoms with Crippen LogP contribution in [0.25, 0.3) is 22.5 Å². The maximum Gasteiger partial charge on any atom is 0.205 e. The average Bonchev–Trinajstić information content (AvgIpc) is 2.93. The summed E-state index contributed by atoms with van der Waals surface area (Å²) in [6, 6.07) is 14.0. The van der Waals surface area contributed by atoms with Gasteiger partial charge in [-0.15, -0.1) is 10.2 Å². The van der Waals surface area contributed by atoms with Gasteiger partial charge in [0.05, 0.1) is 0 Å². The summed E-state index contributed by atoms with van der Waals surface area (Å²) in [6.45, 7) is 0. The predicted octanol–water partition coefficient (Wildman–Crippen LogP) is 2.67. The summed E-state index contributed by atoms with van der Waals surface area (Å²) >= 11 is 0. The normalized spacial score (nSPS) is 10.5. The monoisotopic (exact) mass is 240 g/mol. The van der Waals surface area contributed by atoms with Crippen molar-refractivity contribution in [3.63, 3.8) is 0 Å². The Morgan fingerprint density at radius 1 is 0.889 bits per heavy atom. The third-order valence-electron chi connectivity index (χ3n) is 2.67. The van der Waals surface area contributed by atoms with Gasteiger partial charge in [0.2, 0.25) is 5.82 Å². The van der Waals surface area contributed by atoms with E-state index in [9.17, 15) is 4.39 Å². The molecule has 0 bridgehead atoms. The molecule has 1 aromatic heterocycles. The van der Waals surface area contributed by atoms with Crippen molar-refractivity contribution < 1.29 is 4.39 Å². The molecule has 0 aliphatic rings. The highest BCUT2D eigenvalue weighted by molar-refractivity contribution is 5.80. The number of aromatic nitrogens is 4. The molecule has 0 fully saturated rings. The molecule has 0 amide bonds. The van der Waals surface area contributed by atoms with Crippen molar-refractivity contribution in [3.05, 3.63) is 54.3 Å². The molecular weight excluding hydrogens is 231 g/mol. The van der Waals surface area contributed by atoms with Crippen LogP contribution >= 0.6 is 0 Å². The number of H-pyrrole nitrogens is 1. The van der Waals surface area contributed by atoms with Gasteiger partial charge in [0, 0.05) is 5.56 Å². The maximum absolute atomic E-state index is 12.9. The van der Waals surface area contributed by atoms with Gasteiger partial charge < -0.3 is 0 Å². The highest BCUT2D eigenvalue weighted by Gasteiger charge is 2.10. The fourth-order valence-corrected chi connectivity index (χ4v) is 1.84. The van der Waals surface area contributed by atoms with E-state index in [0.717, 1.165) is 16.7 Å². The fourth-order valence-electron chi connectivity index (χ4n) is 1.84. The predicted molar refractivity (Wildman–Crippen MR) is 65.0 cm³/mol. The molecular formula is C13H9FN4. The molecule has 2 aromatic carbocycles. The van der Waals surface area contributed by atoms with E-state index >= 15 is 0 Å². The quantitative estimate of drug-likeness (QED) is 0.749. The molecule has 1 heterocycles. The summed E-state index contributed by atoms with van der Waals surface area (Å²) in [7, 11) is 0. The minimum Gasteiger partial charge on any atom is -0.207 e. The second kappa shape index (κ2) is 4.37. The van der Waals surface area contributed by atoms with Crippen LogP contribution in [0.15, 0.2) is 48.5 Å². The highest BCUT2D eigenvalue weighted by Crippen LogP contribution is 2.29. The number of tetrazole rings is 1. The van der Waals surface area contributed by atoms with Crippen LogP contribution < -0.4 is 0 Å². The zero-order valence-electron chi connectivity index (χ0n) is 9.34. The molecule has 88 valence electrons. The van der Waals surface area contributed by atoms with Crippen LogP contribution in [0, 0.1) is 5.82 Å². The van der Waals surface area contributed by atoms with E-state index in [0.29, 0.717) is 5.82 Å². The number of rotatable bonds is 2. The molecule has 0 atom stereocenters. The van der Waals surface area contributed by atoms with Crippen molar-refractivity contribution in [2.45, 2.75) is 0 Å². The lowest BCUT2D eigenvalue weighted by Crippen LogP contribution is -1.87. The lowest BCUT2D eigenvalue weighted by atomic mass is 9.99. The zero-order valence-corrected chi connectivity index (χ0v) is 9.34. The van der Waals surface area contributed by atoms with Gasteiger partial charge in [-0.25, -0.2) is 4.39 Å². The third-order valence-corrected chi connectivity index (χ3v) is 2.67. The van der Waals surface area contributed by atoms with E-state index in [-0.39, 0.29) is 5.82 Å². The topological polar surface area (TPSA) is 54.5 Å². The lowest BCUT2D eigenvalue weighted by molar-refractivity contribution is 0.628. The Morgan fingerprint density at radius 2 is 1.61 bits per heavy atom. The van der Waals surface area contributed by atoms with Crippen LogP contribution in [0.1, 0.15) is 0 Å². The van der Waals surface area contributed by atoms with E-state index in [1.54, 1.807) is 12.1 Å². The number of benzene rings is 2. The van der Waals surface area contributed by atoms with Gasteiger partial charge in [0.15, 0.2) is 0 Å². The molecule has 0 saturated heterocycles. The summed E-state index contributed by atoms with van der Waals surface area (Å²) in [5.74, 6) is 0.269. The molecule has 3 rings (SSSR count). The number of halogens is 1. The Morgan fingerprint density at radius 3 is 2.28 bits per heavy atom. The van der Waals surface area contributed by atoms with Crippen LogP contribution in [-0.2, 0) is 0 Å². The molecule has 1 N–H and O–H groups in total.